The molecule has 4 rings (SSSR count). The Kier molecular flexibility index (Phi) is 3.32. The fraction of sp³-hybridized carbons (Fsp3) is 0.700. The molecule has 0 heterocycles. The van der Waals surface area contributed by atoms with E-state index < -0.39 is 5.60 Å². The molecule has 3 heteroatoms. The molecule has 1 N–H and O–H groups in total. The summed E-state index contributed by atoms with van der Waals surface area (Å²) >= 11 is 0. The zero-order chi connectivity index (χ0) is 16.2. The number of fused-ring (bicyclic) bond motifs is 4. The molecule has 2 saturated carbocycles. The van der Waals surface area contributed by atoms with Gasteiger partial charge in [0, 0.05) is 11.8 Å². The van der Waals surface area contributed by atoms with Crippen molar-refractivity contribution in [3.8, 4) is 6.07 Å². The van der Waals surface area contributed by atoms with E-state index in [-0.39, 0.29) is 17.6 Å². The Hall–Kier alpha value is -1.40. The molecule has 0 bridgehead atoms. The fourth-order valence-corrected chi connectivity index (χ4v) is 6.06. The van der Waals surface area contributed by atoms with Crippen molar-refractivity contribution in [2.24, 2.45) is 17.3 Å². The van der Waals surface area contributed by atoms with Gasteiger partial charge in [-0.25, -0.2) is 0 Å². The molecule has 0 amide bonds. The van der Waals surface area contributed by atoms with Crippen molar-refractivity contribution in [3.05, 3.63) is 22.8 Å². The molecule has 0 aromatic heterocycles. The van der Waals surface area contributed by atoms with E-state index in [1.165, 1.54) is 11.1 Å². The van der Waals surface area contributed by atoms with Crippen LogP contribution >= 0.6 is 0 Å². The van der Waals surface area contributed by atoms with Crippen LogP contribution < -0.4 is 0 Å². The number of hydrogen-bond acceptors (Lipinski definition) is 3. The van der Waals surface area contributed by atoms with Gasteiger partial charge in [-0.2, -0.15) is 5.26 Å². The quantitative estimate of drug-likeness (QED) is 0.800. The van der Waals surface area contributed by atoms with Crippen LogP contribution in [0.5, 0.6) is 0 Å². The number of carbonyl (C=O) groups excluding carboxylic acids is 1. The van der Waals surface area contributed by atoms with E-state index in [9.17, 15) is 9.90 Å². The van der Waals surface area contributed by atoms with E-state index in [1.54, 1.807) is 5.57 Å². The smallest absolute Gasteiger partial charge is 0.156 e. The predicted molar refractivity (Wildman–Crippen MR) is 87.3 cm³/mol. The summed E-state index contributed by atoms with van der Waals surface area (Å²) in [6.07, 6.45) is 9.67. The summed E-state index contributed by atoms with van der Waals surface area (Å²) in [6.45, 7) is 2.22. The van der Waals surface area contributed by atoms with E-state index in [0.717, 1.165) is 44.9 Å². The lowest BCUT2D eigenvalue weighted by Gasteiger charge is -2.51. The largest absolute Gasteiger partial charge is 0.388 e. The molecule has 4 atom stereocenters. The van der Waals surface area contributed by atoms with Crippen LogP contribution in [0.4, 0.5) is 0 Å². The maximum absolute atomic E-state index is 11.7. The second kappa shape index (κ2) is 5.05. The van der Waals surface area contributed by atoms with E-state index in [0.29, 0.717) is 18.3 Å². The van der Waals surface area contributed by atoms with Crippen LogP contribution in [0.1, 0.15) is 64.7 Å². The summed E-state index contributed by atoms with van der Waals surface area (Å²) < 4.78 is 0. The van der Waals surface area contributed by atoms with Crippen LogP contribution in [0.3, 0.4) is 0 Å². The van der Waals surface area contributed by atoms with Gasteiger partial charge in [0.15, 0.2) is 5.78 Å². The summed E-state index contributed by atoms with van der Waals surface area (Å²) in [6, 6.07) is 2.22. The zero-order valence-corrected chi connectivity index (χ0v) is 13.9. The lowest BCUT2D eigenvalue weighted by atomic mass is 9.54. The Morgan fingerprint density at radius 3 is 2.87 bits per heavy atom. The van der Waals surface area contributed by atoms with Crippen LogP contribution in [-0.2, 0) is 4.79 Å². The Balaban J connectivity index is 1.72. The highest BCUT2D eigenvalue weighted by Crippen LogP contribution is 2.64. The maximum atomic E-state index is 11.7. The third kappa shape index (κ3) is 2.01. The minimum absolute atomic E-state index is 0.122. The number of carbonyl (C=O) groups is 1. The Morgan fingerprint density at radius 2 is 2.09 bits per heavy atom. The van der Waals surface area contributed by atoms with Crippen LogP contribution in [-0.4, -0.2) is 16.5 Å². The van der Waals surface area contributed by atoms with Gasteiger partial charge in [0.25, 0.3) is 0 Å². The molecule has 2 unspecified atom stereocenters. The van der Waals surface area contributed by atoms with Crippen LogP contribution in [0, 0.1) is 28.6 Å². The van der Waals surface area contributed by atoms with Gasteiger partial charge in [0.1, 0.15) is 0 Å². The summed E-state index contributed by atoms with van der Waals surface area (Å²) in [4.78, 5) is 11.7. The maximum Gasteiger partial charge on any atom is 0.156 e. The van der Waals surface area contributed by atoms with Crippen molar-refractivity contribution in [1.29, 1.82) is 5.26 Å². The van der Waals surface area contributed by atoms with Crippen molar-refractivity contribution in [1.82, 2.24) is 0 Å². The third-order valence-corrected chi connectivity index (χ3v) is 7.43. The molecule has 0 radical (unpaired) electrons. The van der Waals surface area contributed by atoms with E-state index in [2.05, 4.69) is 13.0 Å². The summed E-state index contributed by atoms with van der Waals surface area (Å²) in [7, 11) is 0. The molecule has 3 nitrogen and oxygen atoms in total. The molecule has 0 saturated heterocycles. The second-order valence-electron chi connectivity index (χ2n) is 8.21. The molecule has 0 aromatic carbocycles. The van der Waals surface area contributed by atoms with Crippen LogP contribution in [0.2, 0.25) is 0 Å². The van der Waals surface area contributed by atoms with Crippen molar-refractivity contribution in [2.45, 2.75) is 70.3 Å². The lowest BCUT2D eigenvalue weighted by molar-refractivity contribution is -0.114. The number of rotatable bonds is 1. The number of nitrogens with zero attached hydrogens (tertiary/aromatic N) is 1. The second-order valence-corrected chi connectivity index (χ2v) is 8.21. The van der Waals surface area contributed by atoms with Gasteiger partial charge in [0.05, 0.1) is 18.1 Å². The van der Waals surface area contributed by atoms with Crippen molar-refractivity contribution in [3.63, 3.8) is 0 Å². The standard InChI is InChI=1S/C20H25NO2/c1-19-8-6-16-15-5-3-14(22)12-13(15)2-4-17(16)18(19)7-9-20(19,23)10-11-21/h12,17-18,23H,2-10H2,1H3/t17?,18?,19-,20+/m1/s1. The van der Waals surface area contributed by atoms with Gasteiger partial charge in [-0.1, -0.05) is 12.5 Å². The highest BCUT2D eigenvalue weighted by Gasteiger charge is 2.60. The average Bonchev–Trinajstić information content (AvgIpc) is 2.79. The van der Waals surface area contributed by atoms with Crippen molar-refractivity contribution in [2.75, 3.05) is 0 Å². The molecule has 0 aromatic rings. The number of allylic oxidation sites excluding steroid dienone is 4. The first-order valence-electron chi connectivity index (χ1n) is 9.03. The molecule has 4 aliphatic rings. The van der Waals surface area contributed by atoms with Gasteiger partial charge in [-0.15, -0.1) is 0 Å². The van der Waals surface area contributed by atoms with E-state index in [1.807, 2.05) is 6.08 Å². The SMILES string of the molecule is C[C@@]12CCC3=C4CCC(=O)C=C4CCC3C1CC[C@]2(O)CC#N. The van der Waals surface area contributed by atoms with Gasteiger partial charge >= 0.3 is 0 Å². The molecule has 2 fully saturated rings. The molecule has 4 aliphatic carbocycles. The minimum Gasteiger partial charge on any atom is -0.388 e. The number of hydrogen-bond donors (Lipinski definition) is 1. The van der Waals surface area contributed by atoms with Gasteiger partial charge in [-0.3, -0.25) is 4.79 Å². The van der Waals surface area contributed by atoms with Crippen molar-refractivity contribution < 1.29 is 9.90 Å². The lowest BCUT2D eigenvalue weighted by Crippen LogP contribution is -2.49. The predicted octanol–water partition coefficient (Wildman–Crippen LogP) is 3.84. The molecule has 23 heavy (non-hydrogen) atoms. The molecular formula is C20H25NO2. The highest BCUT2D eigenvalue weighted by molar-refractivity contribution is 5.93. The number of aliphatic hydroxyl groups is 1. The van der Waals surface area contributed by atoms with Gasteiger partial charge in [0.2, 0.25) is 0 Å². The molecular weight excluding hydrogens is 286 g/mol. The van der Waals surface area contributed by atoms with Gasteiger partial charge in [-0.05, 0) is 74.0 Å². The molecule has 0 spiro atoms. The summed E-state index contributed by atoms with van der Waals surface area (Å²) in [5.74, 6) is 1.34. The van der Waals surface area contributed by atoms with E-state index in [4.69, 9.17) is 5.26 Å². The Morgan fingerprint density at radius 1 is 1.26 bits per heavy atom. The van der Waals surface area contributed by atoms with Crippen molar-refractivity contribution >= 4 is 5.78 Å². The Bertz CT molecular complexity index is 668. The molecule has 0 aliphatic heterocycles. The first-order chi connectivity index (χ1) is 11.0. The van der Waals surface area contributed by atoms with E-state index >= 15 is 0 Å². The first-order valence-corrected chi connectivity index (χ1v) is 9.03. The average molecular weight is 311 g/mol. The summed E-state index contributed by atoms with van der Waals surface area (Å²) in [5.41, 5.74) is 3.42. The highest BCUT2D eigenvalue weighted by atomic mass is 16.3. The fourth-order valence-electron chi connectivity index (χ4n) is 6.06. The normalized spacial score (nSPS) is 42.5. The van der Waals surface area contributed by atoms with Crippen LogP contribution in [0.25, 0.3) is 0 Å². The zero-order valence-electron chi connectivity index (χ0n) is 13.9. The monoisotopic (exact) mass is 311 g/mol. The summed E-state index contributed by atoms with van der Waals surface area (Å²) in [5, 5.41) is 20.3. The van der Waals surface area contributed by atoms with Gasteiger partial charge < -0.3 is 5.11 Å². The number of ketones is 1. The topological polar surface area (TPSA) is 61.1 Å². The minimum atomic E-state index is -0.804. The Labute approximate surface area is 138 Å². The number of nitriles is 1. The third-order valence-electron chi connectivity index (χ3n) is 7.43. The first kappa shape index (κ1) is 15.1. The van der Waals surface area contributed by atoms with Crippen LogP contribution in [0.15, 0.2) is 22.8 Å². The molecule has 122 valence electrons.